The monoisotopic (exact) mass is 221 g/mol. The van der Waals surface area contributed by atoms with Gasteiger partial charge in [0.1, 0.15) is 5.52 Å². The molecule has 0 saturated heterocycles. The Labute approximate surface area is 81.3 Å². The largest absolute Gasteiger partial charge is 0.428 e. The van der Waals surface area contributed by atoms with E-state index in [1.807, 2.05) is 0 Å². The zero-order chi connectivity index (χ0) is 10.3. The van der Waals surface area contributed by atoms with Crippen LogP contribution in [0.2, 0.25) is 5.35 Å². The summed E-state index contributed by atoms with van der Waals surface area (Å²) in [5, 5.41) is -0.167. The standard InChI is InChI=1S/C8H3ClF3NO/c9-7-13-5-3-4(8(10,11)12)1-2-6(5)14-7/h1-3H. The molecule has 0 bridgehead atoms. The van der Waals surface area contributed by atoms with E-state index >= 15 is 0 Å². The normalized spacial score (nSPS) is 12.3. The van der Waals surface area contributed by atoms with Crippen LogP contribution in [0.25, 0.3) is 11.1 Å². The molecule has 0 aliphatic heterocycles. The van der Waals surface area contributed by atoms with Gasteiger partial charge in [-0.05, 0) is 29.8 Å². The third-order valence-corrected chi connectivity index (χ3v) is 1.85. The van der Waals surface area contributed by atoms with Crippen molar-refractivity contribution < 1.29 is 17.6 Å². The first-order valence-electron chi connectivity index (χ1n) is 3.60. The minimum atomic E-state index is -4.38. The van der Waals surface area contributed by atoms with Crippen molar-refractivity contribution in [2.24, 2.45) is 0 Å². The van der Waals surface area contributed by atoms with Crippen molar-refractivity contribution >= 4 is 22.7 Å². The second kappa shape index (κ2) is 2.88. The molecule has 0 N–H and O–H groups in total. The van der Waals surface area contributed by atoms with E-state index in [2.05, 4.69) is 4.98 Å². The fourth-order valence-electron chi connectivity index (χ4n) is 1.08. The summed E-state index contributed by atoms with van der Waals surface area (Å²) in [6.07, 6.45) is -4.38. The van der Waals surface area contributed by atoms with Crippen molar-refractivity contribution in [2.45, 2.75) is 6.18 Å². The highest BCUT2D eigenvalue weighted by Crippen LogP contribution is 2.31. The Hall–Kier alpha value is -1.23. The van der Waals surface area contributed by atoms with Crippen molar-refractivity contribution in [3.63, 3.8) is 0 Å². The summed E-state index contributed by atoms with van der Waals surface area (Å²) >= 11 is 5.39. The van der Waals surface area contributed by atoms with Gasteiger partial charge in [-0.25, -0.2) is 0 Å². The Balaban J connectivity index is 2.62. The molecule has 2 aromatic rings. The molecule has 0 aliphatic rings. The maximum Gasteiger partial charge on any atom is 0.416 e. The number of halogens is 4. The Bertz CT molecular complexity index is 477. The lowest BCUT2D eigenvalue weighted by atomic mass is 10.2. The molecule has 0 saturated carbocycles. The van der Waals surface area contributed by atoms with Crippen LogP contribution >= 0.6 is 11.6 Å². The Morgan fingerprint density at radius 3 is 2.64 bits per heavy atom. The van der Waals surface area contributed by atoms with E-state index in [9.17, 15) is 13.2 Å². The molecule has 1 heterocycles. The zero-order valence-corrected chi connectivity index (χ0v) is 7.36. The average Bonchev–Trinajstić information content (AvgIpc) is 2.41. The second-order valence-corrected chi connectivity index (χ2v) is 2.97. The third-order valence-electron chi connectivity index (χ3n) is 1.69. The van der Waals surface area contributed by atoms with E-state index in [1.54, 1.807) is 0 Å². The van der Waals surface area contributed by atoms with E-state index < -0.39 is 11.7 Å². The van der Waals surface area contributed by atoms with Gasteiger partial charge in [0.15, 0.2) is 5.58 Å². The molecule has 2 rings (SSSR count). The summed E-state index contributed by atoms with van der Waals surface area (Å²) < 4.78 is 41.5. The predicted octanol–water partition coefficient (Wildman–Crippen LogP) is 3.50. The lowest BCUT2D eigenvalue weighted by molar-refractivity contribution is -0.137. The van der Waals surface area contributed by atoms with Crippen molar-refractivity contribution in [3.8, 4) is 0 Å². The molecule has 6 heteroatoms. The number of oxazole rings is 1. The lowest BCUT2D eigenvalue weighted by Gasteiger charge is -2.04. The van der Waals surface area contributed by atoms with Crippen molar-refractivity contribution in [1.29, 1.82) is 0 Å². The highest BCUT2D eigenvalue weighted by atomic mass is 35.5. The van der Waals surface area contributed by atoms with E-state index in [0.29, 0.717) is 0 Å². The Morgan fingerprint density at radius 2 is 2.00 bits per heavy atom. The number of rotatable bonds is 0. The van der Waals surface area contributed by atoms with Crippen LogP contribution in [0.1, 0.15) is 5.56 Å². The Kier molecular flexibility index (Phi) is 1.92. The molecular formula is C8H3ClF3NO. The number of fused-ring (bicyclic) bond motifs is 1. The van der Waals surface area contributed by atoms with Gasteiger partial charge in [0.25, 0.3) is 5.35 Å². The van der Waals surface area contributed by atoms with Crippen LogP contribution < -0.4 is 0 Å². The SMILES string of the molecule is FC(F)(F)c1ccc2oc(Cl)nc2c1. The molecule has 0 fully saturated rings. The molecule has 0 aliphatic carbocycles. The maximum absolute atomic E-state index is 12.2. The molecule has 1 aromatic heterocycles. The molecule has 0 spiro atoms. The molecule has 2 nitrogen and oxygen atoms in total. The predicted molar refractivity (Wildman–Crippen MR) is 44.0 cm³/mol. The summed E-state index contributed by atoms with van der Waals surface area (Å²) in [5.74, 6) is 0. The quantitative estimate of drug-likeness (QED) is 0.681. The van der Waals surface area contributed by atoms with Crippen LogP contribution in [0.4, 0.5) is 13.2 Å². The Morgan fingerprint density at radius 1 is 1.29 bits per heavy atom. The van der Waals surface area contributed by atoms with Gasteiger partial charge >= 0.3 is 6.18 Å². The summed E-state index contributed by atoms with van der Waals surface area (Å²) in [6.45, 7) is 0. The van der Waals surface area contributed by atoms with Gasteiger partial charge in [-0.1, -0.05) is 0 Å². The van der Waals surface area contributed by atoms with E-state index in [4.69, 9.17) is 16.0 Å². The first-order valence-corrected chi connectivity index (χ1v) is 3.98. The van der Waals surface area contributed by atoms with Crippen molar-refractivity contribution in [3.05, 3.63) is 29.1 Å². The van der Waals surface area contributed by atoms with Crippen LogP contribution in [0.3, 0.4) is 0 Å². The fourth-order valence-corrected chi connectivity index (χ4v) is 1.25. The highest BCUT2D eigenvalue weighted by molar-refractivity contribution is 6.28. The van der Waals surface area contributed by atoms with Crippen LogP contribution in [0.15, 0.2) is 22.6 Å². The number of hydrogen-bond donors (Lipinski definition) is 0. The molecule has 0 amide bonds. The number of aromatic nitrogens is 1. The van der Waals surface area contributed by atoms with Gasteiger partial charge < -0.3 is 4.42 Å². The average molecular weight is 222 g/mol. The highest BCUT2D eigenvalue weighted by Gasteiger charge is 2.30. The number of benzene rings is 1. The van der Waals surface area contributed by atoms with Gasteiger partial charge in [0.05, 0.1) is 5.56 Å². The van der Waals surface area contributed by atoms with Gasteiger partial charge in [-0.2, -0.15) is 18.2 Å². The van der Waals surface area contributed by atoms with Crippen LogP contribution in [0, 0.1) is 0 Å². The fraction of sp³-hybridized carbons (Fsp3) is 0.125. The van der Waals surface area contributed by atoms with Crippen molar-refractivity contribution in [2.75, 3.05) is 0 Å². The number of alkyl halides is 3. The van der Waals surface area contributed by atoms with Crippen LogP contribution in [-0.4, -0.2) is 4.98 Å². The lowest BCUT2D eigenvalue weighted by Crippen LogP contribution is -2.03. The molecule has 0 unspecified atom stereocenters. The maximum atomic E-state index is 12.2. The number of hydrogen-bond acceptors (Lipinski definition) is 2. The summed E-state index contributed by atoms with van der Waals surface area (Å²) in [5.41, 5.74) is -0.428. The first-order chi connectivity index (χ1) is 6.47. The molecule has 0 atom stereocenters. The van der Waals surface area contributed by atoms with Gasteiger partial charge in [0, 0.05) is 0 Å². The summed E-state index contributed by atoms with van der Waals surface area (Å²) in [4.78, 5) is 3.59. The summed E-state index contributed by atoms with van der Waals surface area (Å²) in [7, 11) is 0. The first kappa shape index (κ1) is 9.33. The van der Waals surface area contributed by atoms with Crippen LogP contribution in [-0.2, 0) is 6.18 Å². The van der Waals surface area contributed by atoms with E-state index in [1.165, 1.54) is 6.07 Å². The third kappa shape index (κ3) is 1.55. The van der Waals surface area contributed by atoms with Crippen LogP contribution in [0.5, 0.6) is 0 Å². The summed E-state index contributed by atoms with van der Waals surface area (Å²) in [6, 6.07) is 3.01. The molecular weight excluding hydrogens is 219 g/mol. The van der Waals surface area contributed by atoms with Gasteiger partial charge in [-0.15, -0.1) is 0 Å². The topological polar surface area (TPSA) is 26.0 Å². The molecule has 1 aromatic carbocycles. The smallest absolute Gasteiger partial charge is 0.416 e. The van der Waals surface area contributed by atoms with E-state index in [-0.39, 0.29) is 16.4 Å². The minimum absolute atomic E-state index is 0.102. The zero-order valence-electron chi connectivity index (χ0n) is 6.60. The van der Waals surface area contributed by atoms with E-state index in [0.717, 1.165) is 12.1 Å². The van der Waals surface area contributed by atoms with Gasteiger partial charge in [0.2, 0.25) is 0 Å². The second-order valence-electron chi connectivity index (χ2n) is 2.65. The molecule has 14 heavy (non-hydrogen) atoms. The number of nitrogens with zero attached hydrogens (tertiary/aromatic N) is 1. The molecule has 74 valence electrons. The van der Waals surface area contributed by atoms with Gasteiger partial charge in [-0.3, -0.25) is 0 Å². The van der Waals surface area contributed by atoms with Crippen molar-refractivity contribution in [1.82, 2.24) is 4.98 Å². The minimum Gasteiger partial charge on any atom is -0.428 e. The molecule has 0 radical (unpaired) electrons.